The Bertz CT molecular complexity index is 4020. The molecule has 3 saturated heterocycles. The zero-order chi connectivity index (χ0) is 66.3. The van der Waals surface area contributed by atoms with Crippen LogP contribution in [0, 0.1) is 0 Å². The first kappa shape index (κ1) is 62.4. The van der Waals surface area contributed by atoms with Crippen molar-refractivity contribution in [3.63, 3.8) is 0 Å². The van der Waals surface area contributed by atoms with Crippen molar-refractivity contribution in [3.8, 4) is 120 Å². The molecule has 0 spiro atoms. The van der Waals surface area contributed by atoms with Crippen molar-refractivity contribution < 1.29 is 178 Å². The van der Waals surface area contributed by atoms with Gasteiger partial charge in [0.15, 0.2) is 92.7 Å². The van der Waals surface area contributed by atoms with Crippen LogP contribution in [0.2, 0.25) is 0 Å². The molecule has 2 bridgehead atoms. The molecule has 6 aromatic carbocycles. The number of esters is 6. The van der Waals surface area contributed by atoms with Crippen LogP contribution in [0.4, 0.5) is 0 Å². The number of hydrogen-bond donors (Lipinski definition) is 20. The van der Waals surface area contributed by atoms with Gasteiger partial charge in [0.05, 0.1) is 34.4 Å². The van der Waals surface area contributed by atoms with Gasteiger partial charge in [-0.25, -0.2) is 28.8 Å². The number of aliphatic hydroxyl groups is 3. The Morgan fingerprint density at radius 3 is 1.49 bits per heavy atom. The average Bonchev–Trinajstić information content (AvgIpc) is 1.75. The van der Waals surface area contributed by atoms with Crippen molar-refractivity contribution >= 4 is 35.8 Å². The Labute approximate surface area is 502 Å². The second-order valence-corrected chi connectivity index (χ2v) is 20.1. The lowest BCUT2D eigenvalue weighted by molar-refractivity contribution is -0.317. The fourth-order valence-electron chi connectivity index (χ4n) is 9.79. The van der Waals surface area contributed by atoms with E-state index in [4.69, 9.17) is 47.4 Å². The van der Waals surface area contributed by atoms with Crippen LogP contribution in [-0.2, 0) is 42.6 Å². The average molecular weight is 1280 g/mol. The fraction of sp³-hybridized carbons (Fsp3) is 0.236. The molecule has 0 aliphatic carbocycles. The SMILES string of the molecule is O=C(O[C@@H]1O[C@@H]2COC(=O)c3cc(O)c(O)c(O)c3-c3c(cc(O)c(O)c3O)C(=O)O[C@H]2[C@H](OC(=O)c2cc(O)c(O)c(O)c2)[C@H]1OC(=O)c1cc(O)c(O)c(O)c1)c1cc(O)c(O)c(Oc2c(C(=O)OC[C@@]34OC[C@@H](O)[C@@H](O3)[C@@H](O)[C@@H]4O)cc(O)c(O)c2O)c1. The summed E-state index contributed by atoms with van der Waals surface area (Å²) < 4.78 is 55.5. The van der Waals surface area contributed by atoms with Gasteiger partial charge in [-0.1, -0.05) is 0 Å². The molecule has 20 N–H and O–H groups in total. The second kappa shape index (κ2) is 23.1. The highest BCUT2D eigenvalue weighted by Gasteiger charge is 2.62. The number of carbonyl (C=O) groups excluding carboxylic acids is 6. The summed E-state index contributed by atoms with van der Waals surface area (Å²) in [6, 6.07) is 3.92. The smallest absolute Gasteiger partial charge is 0.342 e. The molecule has 36 heteroatoms. The van der Waals surface area contributed by atoms with Crippen LogP contribution in [0.15, 0.2) is 54.6 Å². The molecule has 0 saturated carbocycles. The zero-order valence-corrected chi connectivity index (χ0v) is 45.0. The second-order valence-electron chi connectivity index (χ2n) is 20.1. The molecule has 91 heavy (non-hydrogen) atoms. The van der Waals surface area contributed by atoms with Crippen molar-refractivity contribution in [1.29, 1.82) is 0 Å². The monoisotopic (exact) mass is 1280 g/mol. The van der Waals surface area contributed by atoms with Gasteiger partial charge in [0.2, 0.25) is 46.9 Å². The lowest BCUT2D eigenvalue weighted by Gasteiger charge is -2.43. The molecule has 0 radical (unpaired) electrons. The van der Waals surface area contributed by atoms with E-state index in [1.165, 1.54) is 0 Å². The Morgan fingerprint density at radius 1 is 0.484 bits per heavy atom. The van der Waals surface area contributed by atoms with E-state index < -0.39 is 270 Å². The molecule has 10 rings (SSSR count). The standard InChI is InChI=1S/C55H44O36/c56-19-1-13(2-20(57)32(19)65)48(76)88-45-44-29(11-82-51(79)16-7-24(61)35(68)38(71)30(16)31-17(53(81)87-44)8-25(62)36(69)39(31)72)86-54(46(45)89-49(77)14-3-21(58)33(66)22(59)4-14)90-50(78)15-5-23(60)34(67)28(6-15)85-42-18(9-26(63)37(70)40(42)73)52(80)83-12-55-47(75)41(74)43(91-55)27(64)10-84-55/h1-9,27,29,41,43-47,54,56-75H,10-12H2/t27-,29-,41-,43-,44-,45+,46-,47+,54+,55-/m1/s1. The largest absolute Gasteiger partial charge is 0.504 e. The Hall–Kier alpha value is -11.7. The van der Waals surface area contributed by atoms with Crippen molar-refractivity contribution in [2.24, 2.45) is 0 Å². The van der Waals surface area contributed by atoms with Gasteiger partial charge in [0, 0.05) is 17.2 Å². The van der Waals surface area contributed by atoms with Crippen molar-refractivity contribution in [2.45, 2.75) is 60.9 Å². The zero-order valence-electron chi connectivity index (χ0n) is 45.0. The van der Waals surface area contributed by atoms with Crippen molar-refractivity contribution in [2.75, 3.05) is 19.8 Å². The van der Waals surface area contributed by atoms with Crippen LogP contribution < -0.4 is 4.74 Å². The quantitative estimate of drug-likeness (QED) is 0.0469. The summed E-state index contributed by atoms with van der Waals surface area (Å²) in [5, 5.41) is 212. The van der Waals surface area contributed by atoms with E-state index in [1.807, 2.05) is 0 Å². The van der Waals surface area contributed by atoms with E-state index in [2.05, 4.69) is 0 Å². The summed E-state index contributed by atoms with van der Waals surface area (Å²) in [4.78, 5) is 85.7. The predicted molar refractivity (Wildman–Crippen MR) is 280 cm³/mol. The van der Waals surface area contributed by atoms with Gasteiger partial charge in [-0.3, -0.25) is 0 Å². The minimum Gasteiger partial charge on any atom is -0.504 e. The lowest BCUT2D eigenvalue weighted by atomic mass is 9.92. The maximum absolute atomic E-state index is 14.7. The minimum atomic E-state index is -2.79. The molecule has 3 fully saturated rings. The van der Waals surface area contributed by atoms with Crippen LogP contribution in [0.5, 0.6) is 109 Å². The first-order valence-corrected chi connectivity index (χ1v) is 25.6. The maximum atomic E-state index is 14.7. The fourth-order valence-corrected chi connectivity index (χ4v) is 9.79. The summed E-state index contributed by atoms with van der Waals surface area (Å²) in [5.41, 5.74) is -8.51. The summed E-state index contributed by atoms with van der Waals surface area (Å²) >= 11 is 0. The van der Waals surface area contributed by atoms with Crippen molar-refractivity contribution in [3.05, 3.63) is 88.0 Å². The van der Waals surface area contributed by atoms with E-state index in [1.54, 1.807) is 0 Å². The molecule has 10 atom stereocenters. The van der Waals surface area contributed by atoms with Crippen LogP contribution in [-0.4, -0.2) is 219 Å². The highest BCUT2D eigenvalue weighted by molar-refractivity contribution is 6.08. The number of aliphatic hydroxyl groups excluding tert-OH is 3. The third kappa shape index (κ3) is 10.9. The highest BCUT2D eigenvalue weighted by Crippen LogP contribution is 2.54. The molecule has 4 aliphatic heterocycles. The Morgan fingerprint density at radius 2 is 0.945 bits per heavy atom. The van der Waals surface area contributed by atoms with Crippen LogP contribution >= 0.6 is 0 Å². The Kier molecular flexibility index (Phi) is 15.8. The van der Waals surface area contributed by atoms with Gasteiger partial charge in [-0.05, 0) is 48.5 Å². The number of hydrogen-bond acceptors (Lipinski definition) is 36. The summed E-state index contributed by atoms with van der Waals surface area (Å²) in [6.45, 7) is -3.05. The van der Waals surface area contributed by atoms with Gasteiger partial charge in [-0.2, -0.15) is 0 Å². The highest BCUT2D eigenvalue weighted by atomic mass is 16.8. The number of aromatic hydroxyl groups is 17. The Balaban J connectivity index is 1.07. The van der Waals surface area contributed by atoms with Gasteiger partial charge >= 0.3 is 35.8 Å². The van der Waals surface area contributed by atoms with Crippen molar-refractivity contribution in [1.82, 2.24) is 0 Å². The third-order valence-electron chi connectivity index (χ3n) is 14.4. The maximum Gasteiger partial charge on any atom is 0.342 e. The van der Waals surface area contributed by atoms with Crippen LogP contribution in [0.1, 0.15) is 62.1 Å². The topological polar surface area (TPSA) is 599 Å². The van der Waals surface area contributed by atoms with E-state index in [0.29, 0.717) is 54.6 Å². The number of ether oxygens (including phenoxy) is 10. The van der Waals surface area contributed by atoms with Gasteiger partial charge in [-0.15, -0.1) is 0 Å². The number of benzene rings is 6. The number of phenolic OH excluding ortho intramolecular Hbond substituents is 17. The first-order valence-electron chi connectivity index (χ1n) is 25.6. The molecular weight excluding hydrogens is 1240 g/mol. The normalized spacial score (nSPS) is 23.4. The van der Waals surface area contributed by atoms with Gasteiger partial charge < -0.3 is 149 Å². The number of phenols is 17. The number of cyclic esters (lactones) is 1. The molecule has 36 nitrogen and oxygen atoms in total. The van der Waals surface area contributed by atoms with E-state index in [9.17, 15) is 131 Å². The summed E-state index contributed by atoms with van der Waals surface area (Å²) in [7, 11) is 0. The molecule has 0 unspecified atom stereocenters. The first-order chi connectivity index (χ1) is 42.8. The predicted octanol–water partition coefficient (Wildman–Crippen LogP) is 0.235. The molecule has 0 aromatic heterocycles. The molecular formula is C55H44O36. The van der Waals surface area contributed by atoms with Gasteiger partial charge in [0.25, 0.3) is 0 Å². The molecule has 6 aromatic rings. The summed E-state index contributed by atoms with van der Waals surface area (Å²) in [6.07, 6.45) is -19.8. The molecule has 4 heterocycles. The number of carbonyl (C=O) groups is 6. The van der Waals surface area contributed by atoms with E-state index in [0.717, 1.165) is 0 Å². The molecule has 0 amide bonds. The van der Waals surface area contributed by atoms with E-state index >= 15 is 0 Å². The molecule has 480 valence electrons. The summed E-state index contributed by atoms with van der Waals surface area (Å²) in [5.74, 6) is -38.1. The lowest BCUT2D eigenvalue weighted by Crippen LogP contribution is -2.63. The molecule has 4 aliphatic rings. The van der Waals surface area contributed by atoms with E-state index in [-0.39, 0.29) is 0 Å². The van der Waals surface area contributed by atoms with Crippen LogP contribution in [0.3, 0.4) is 0 Å². The minimum absolute atomic E-state index is 0.345. The van der Waals surface area contributed by atoms with Crippen LogP contribution in [0.25, 0.3) is 11.1 Å². The number of rotatable bonds is 11. The van der Waals surface area contributed by atoms with Gasteiger partial charge in [0.1, 0.15) is 49.3 Å². The third-order valence-corrected chi connectivity index (χ3v) is 14.4. The number of fused-ring (bicyclic) bond motifs is 6.